The number of thiophene rings is 1. The highest BCUT2D eigenvalue weighted by molar-refractivity contribution is 7.10. The lowest BCUT2D eigenvalue weighted by atomic mass is 9.82. The molecule has 3 rings (SSSR count). The van der Waals surface area contributed by atoms with Crippen molar-refractivity contribution in [3.63, 3.8) is 0 Å². The number of hydrogen-bond acceptors (Lipinski definition) is 4. The van der Waals surface area contributed by atoms with Crippen molar-refractivity contribution in [2.75, 3.05) is 19.7 Å². The van der Waals surface area contributed by atoms with Gasteiger partial charge in [0.1, 0.15) is 0 Å². The van der Waals surface area contributed by atoms with Gasteiger partial charge in [-0.15, -0.1) is 11.3 Å². The Balaban J connectivity index is 1.78. The third-order valence-corrected chi connectivity index (χ3v) is 7.14. The Kier molecular flexibility index (Phi) is 7.08. The maximum absolute atomic E-state index is 13.5. The van der Waals surface area contributed by atoms with Crippen molar-refractivity contribution < 1.29 is 26.7 Å². The van der Waals surface area contributed by atoms with Crippen LogP contribution in [0.5, 0.6) is 0 Å². The fourth-order valence-electron chi connectivity index (χ4n) is 4.01. The van der Waals surface area contributed by atoms with E-state index in [4.69, 9.17) is 0 Å². The second-order valence-corrected chi connectivity index (χ2v) is 9.89. The predicted octanol–water partition coefficient (Wildman–Crippen LogP) is 6.03. The summed E-state index contributed by atoms with van der Waals surface area (Å²) in [5.41, 5.74) is 0.700. The van der Waals surface area contributed by atoms with E-state index in [1.54, 1.807) is 12.3 Å². The number of nitrogens with zero attached hydrogens (tertiary/aromatic N) is 2. The number of alkyl halides is 4. The summed E-state index contributed by atoms with van der Waals surface area (Å²) in [6.07, 6.45) is -5.16. The molecule has 1 aliphatic rings. The summed E-state index contributed by atoms with van der Waals surface area (Å²) in [4.78, 5) is 7.29. The van der Waals surface area contributed by atoms with Crippen LogP contribution in [0.4, 0.5) is 22.0 Å². The van der Waals surface area contributed by atoms with Crippen LogP contribution in [-0.4, -0.2) is 42.1 Å². The number of pyridine rings is 1. The quantitative estimate of drug-likeness (QED) is 0.426. The molecule has 172 valence electrons. The summed E-state index contributed by atoms with van der Waals surface area (Å²) < 4.78 is 70.2. The van der Waals surface area contributed by atoms with Gasteiger partial charge in [0.25, 0.3) is 0 Å². The molecular formula is C22H27F5N2OS. The van der Waals surface area contributed by atoms with Crippen LogP contribution in [0.25, 0.3) is 0 Å². The van der Waals surface area contributed by atoms with E-state index in [0.717, 1.165) is 27.5 Å². The van der Waals surface area contributed by atoms with Gasteiger partial charge in [0.2, 0.25) is 0 Å². The van der Waals surface area contributed by atoms with Crippen molar-refractivity contribution in [3.05, 3.63) is 51.7 Å². The maximum Gasteiger partial charge on any atom is 0.416 e. The Morgan fingerprint density at radius 3 is 2.55 bits per heavy atom. The molecule has 0 amide bonds. The molecule has 2 aromatic rings. The molecule has 0 bridgehead atoms. The number of hydrogen-bond donors (Lipinski definition) is 0. The summed E-state index contributed by atoms with van der Waals surface area (Å²) in [5, 5.41) is -0.314. The topological polar surface area (TPSA) is 25.4 Å². The second kappa shape index (κ2) is 9.11. The molecule has 9 heteroatoms. The van der Waals surface area contributed by atoms with Gasteiger partial charge in [0.05, 0.1) is 6.61 Å². The van der Waals surface area contributed by atoms with Gasteiger partial charge in [-0.2, -0.15) is 13.2 Å². The minimum atomic E-state index is -4.49. The van der Waals surface area contributed by atoms with Gasteiger partial charge < -0.3 is 4.74 Å². The Hall–Kier alpha value is -1.58. The number of halogens is 5. The van der Waals surface area contributed by atoms with Gasteiger partial charge in [0.15, 0.2) is 5.13 Å². The van der Waals surface area contributed by atoms with Crippen molar-refractivity contribution in [1.29, 1.82) is 0 Å². The molecule has 0 N–H and O–H groups in total. The van der Waals surface area contributed by atoms with Gasteiger partial charge in [0, 0.05) is 34.3 Å². The number of rotatable bonds is 9. The van der Waals surface area contributed by atoms with Crippen LogP contribution in [0, 0.1) is 17.5 Å². The third-order valence-electron chi connectivity index (χ3n) is 6.20. The van der Waals surface area contributed by atoms with E-state index in [0.29, 0.717) is 32.4 Å². The standard InChI is InChI=1S/C22H27F5N2OS/c1-15-4-5-16(12-28-15)20(2,3)29-11-10-21(13-29,14-30-22(26,27)19(24)25)9-8-17-6-7-18(23)31-17/h4-7,12,19H,8-11,13-14H2,1-3H3. The summed E-state index contributed by atoms with van der Waals surface area (Å²) in [7, 11) is 0. The number of likely N-dealkylation sites (tertiary alicyclic amines) is 1. The lowest BCUT2D eigenvalue weighted by molar-refractivity contribution is -0.309. The number of aromatic nitrogens is 1. The Morgan fingerprint density at radius 2 is 1.97 bits per heavy atom. The first-order valence-corrected chi connectivity index (χ1v) is 11.0. The molecule has 3 nitrogen and oxygen atoms in total. The highest BCUT2D eigenvalue weighted by Gasteiger charge is 2.48. The molecule has 0 spiro atoms. The lowest BCUT2D eigenvalue weighted by Crippen LogP contribution is -2.43. The monoisotopic (exact) mass is 462 g/mol. The van der Waals surface area contributed by atoms with Crippen LogP contribution in [0.2, 0.25) is 0 Å². The average molecular weight is 463 g/mol. The van der Waals surface area contributed by atoms with E-state index in [9.17, 15) is 22.0 Å². The normalized spacial score (nSPS) is 20.7. The summed E-state index contributed by atoms with van der Waals surface area (Å²) in [6, 6.07) is 6.93. The molecule has 1 atom stereocenters. The molecule has 1 fully saturated rings. The minimum Gasteiger partial charge on any atom is -0.315 e. The van der Waals surface area contributed by atoms with E-state index in [-0.39, 0.29) is 5.13 Å². The van der Waals surface area contributed by atoms with E-state index >= 15 is 0 Å². The van der Waals surface area contributed by atoms with Gasteiger partial charge in [-0.05, 0) is 70.3 Å². The zero-order chi connectivity index (χ0) is 22.9. The zero-order valence-electron chi connectivity index (χ0n) is 17.8. The molecule has 1 unspecified atom stereocenters. The highest BCUT2D eigenvalue weighted by Crippen LogP contribution is 2.43. The molecule has 0 aromatic carbocycles. The van der Waals surface area contributed by atoms with Crippen LogP contribution < -0.4 is 0 Å². The van der Waals surface area contributed by atoms with E-state index in [2.05, 4.69) is 14.6 Å². The van der Waals surface area contributed by atoms with Gasteiger partial charge in [-0.25, -0.2) is 8.78 Å². The molecule has 31 heavy (non-hydrogen) atoms. The van der Waals surface area contributed by atoms with Crippen molar-refractivity contribution in [2.24, 2.45) is 5.41 Å². The van der Waals surface area contributed by atoms with Crippen molar-refractivity contribution >= 4 is 11.3 Å². The largest absolute Gasteiger partial charge is 0.416 e. The third kappa shape index (κ3) is 5.62. The van der Waals surface area contributed by atoms with E-state index in [1.165, 1.54) is 6.07 Å². The Labute approximate surface area is 183 Å². The zero-order valence-corrected chi connectivity index (χ0v) is 18.6. The van der Waals surface area contributed by atoms with Gasteiger partial charge >= 0.3 is 12.5 Å². The SMILES string of the molecule is Cc1ccc(C(C)(C)N2CCC(CCc3ccc(F)s3)(COC(F)(F)C(F)F)C2)cn1. The smallest absolute Gasteiger partial charge is 0.315 e. The van der Waals surface area contributed by atoms with Crippen molar-refractivity contribution in [1.82, 2.24) is 9.88 Å². The lowest BCUT2D eigenvalue weighted by Gasteiger charge is -2.38. The molecule has 0 radical (unpaired) electrons. The summed E-state index contributed by atoms with van der Waals surface area (Å²) in [6.45, 7) is 6.46. The van der Waals surface area contributed by atoms with Crippen LogP contribution in [0.15, 0.2) is 30.5 Å². The summed E-state index contributed by atoms with van der Waals surface area (Å²) >= 11 is 1.01. The highest BCUT2D eigenvalue weighted by atomic mass is 32.1. The Morgan fingerprint density at radius 1 is 1.23 bits per heavy atom. The Bertz CT molecular complexity index is 871. The second-order valence-electron chi connectivity index (χ2n) is 8.78. The average Bonchev–Trinajstić information content (AvgIpc) is 3.32. The fourth-order valence-corrected chi connectivity index (χ4v) is 4.73. The predicted molar refractivity (Wildman–Crippen MR) is 110 cm³/mol. The molecular weight excluding hydrogens is 435 g/mol. The van der Waals surface area contributed by atoms with E-state index < -0.39 is 30.1 Å². The molecule has 3 heterocycles. The van der Waals surface area contributed by atoms with Crippen LogP contribution in [-0.2, 0) is 16.7 Å². The fraction of sp³-hybridized carbons (Fsp3) is 0.591. The van der Waals surface area contributed by atoms with Crippen LogP contribution >= 0.6 is 11.3 Å². The van der Waals surface area contributed by atoms with Crippen molar-refractivity contribution in [3.8, 4) is 0 Å². The first-order chi connectivity index (χ1) is 14.4. The van der Waals surface area contributed by atoms with Gasteiger partial charge in [-0.1, -0.05) is 6.07 Å². The summed E-state index contributed by atoms with van der Waals surface area (Å²) in [5.74, 6) is 0. The van der Waals surface area contributed by atoms with E-state index in [1.807, 2.05) is 32.9 Å². The number of ether oxygens (including phenoxy) is 1. The minimum absolute atomic E-state index is 0.314. The van der Waals surface area contributed by atoms with Crippen LogP contribution in [0.3, 0.4) is 0 Å². The van der Waals surface area contributed by atoms with Crippen LogP contribution in [0.1, 0.15) is 42.8 Å². The molecule has 1 saturated heterocycles. The van der Waals surface area contributed by atoms with Crippen molar-refractivity contribution in [2.45, 2.75) is 58.1 Å². The first-order valence-electron chi connectivity index (χ1n) is 10.2. The molecule has 0 saturated carbocycles. The molecule has 2 aromatic heterocycles. The maximum atomic E-state index is 13.5. The molecule has 1 aliphatic heterocycles. The molecule has 0 aliphatic carbocycles. The first kappa shape index (κ1) is 24.1. The van der Waals surface area contributed by atoms with Gasteiger partial charge in [-0.3, -0.25) is 9.88 Å². The number of aryl methyl sites for hydroxylation is 2.